The van der Waals surface area contributed by atoms with Crippen LogP contribution in [0.2, 0.25) is 0 Å². The van der Waals surface area contributed by atoms with Gasteiger partial charge in [0.1, 0.15) is 6.04 Å². The maximum atomic E-state index is 12.9. The fourth-order valence-electron chi connectivity index (χ4n) is 5.53. The summed E-state index contributed by atoms with van der Waals surface area (Å²) in [5, 5.41) is 5.64. The van der Waals surface area contributed by atoms with Crippen molar-refractivity contribution < 1.29 is 28.7 Å². The molecule has 0 heterocycles. The summed E-state index contributed by atoms with van der Waals surface area (Å²) in [6.07, 6.45) is 18.5. The van der Waals surface area contributed by atoms with E-state index in [1.807, 2.05) is 0 Å². The Labute approximate surface area is 291 Å². The molecular formula is C37H71N5O6. The summed E-state index contributed by atoms with van der Waals surface area (Å²) in [6.45, 7) is 9.64. The van der Waals surface area contributed by atoms with E-state index < -0.39 is 6.04 Å². The molecule has 11 heteroatoms. The van der Waals surface area contributed by atoms with Crippen molar-refractivity contribution in [1.29, 1.82) is 0 Å². The summed E-state index contributed by atoms with van der Waals surface area (Å²) >= 11 is 0. The standard InChI is InChI=1S/C37H71N5O6/c1-5-9-13-15-22-30(20-11-7-3)35(45)47-28-18-17-26-40-34(44)32(25-27-41-37(38)39)42-33(43)24-19-29-48-36(46)31(21-12-8-4)23-16-14-10-6-2/h30-32H,5-29H2,1-4H3,(H,40,44)(H,42,43)(H4,38,39,41). The Bertz CT molecular complexity index is 880. The zero-order valence-corrected chi connectivity index (χ0v) is 31.0. The third-order valence-corrected chi connectivity index (χ3v) is 8.56. The van der Waals surface area contributed by atoms with Crippen LogP contribution in [0.4, 0.5) is 0 Å². The number of aliphatic imine (C=N–C) groups is 1. The van der Waals surface area contributed by atoms with E-state index in [9.17, 15) is 19.2 Å². The molecule has 48 heavy (non-hydrogen) atoms. The quantitative estimate of drug-likeness (QED) is 0.0271. The maximum absolute atomic E-state index is 12.9. The molecule has 0 rings (SSSR count). The summed E-state index contributed by atoms with van der Waals surface area (Å²) in [5.74, 6) is -1.13. The number of ether oxygens (including phenoxy) is 2. The molecule has 3 atom stereocenters. The number of guanidine groups is 1. The highest BCUT2D eigenvalue weighted by molar-refractivity contribution is 5.87. The summed E-state index contributed by atoms with van der Waals surface area (Å²) in [5.41, 5.74) is 10.9. The maximum Gasteiger partial charge on any atom is 0.308 e. The number of carbonyl (C=O) groups excluding carboxylic acids is 4. The predicted octanol–water partition coefficient (Wildman–Crippen LogP) is 6.45. The average Bonchev–Trinajstić information content (AvgIpc) is 3.06. The second-order valence-electron chi connectivity index (χ2n) is 13.0. The van der Waals surface area contributed by atoms with Crippen molar-refractivity contribution in [3.63, 3.8) is 0 Å². The Morgan fingerprint density at radius 3 is 1.60 bits per heavy atom. The van der Waals surface area contributed by atoms with Gasteiger partial charge in [-0.15, -0.1) is 0 Å². The third kappa shape index (κ3) is 25.2. The zero-order chi connectivity index (χ0) is 35.8. The van der Waals surface area contributed by atoms with Gasteiger partial charge in [0, 0.05) is 19.5 Å². The largest absolute Gasteiger partial charge is 0.465 e. The first-order valence-electron chi connectivity index (χ1n) is 19.2. The van der Waals surface area contributed by atoms with E-state index in [2.05, 4.69) is 43.3 Å². The van der Waals surface area contributed by atoms with Gasteiger partial charge >= 0.3 is 11.9 Å². The van der Waals surface area contributed by atoms with Gasteiger partial charge in [0.05, 0.1) is 25.0 Å². The molecule has 0 aliphatic heterocycles. The van der Waals surface area contributed by atoms with Gasteiger partial charge in [-0.05, 0) is 51.4 Å². The molecule has 0 aliphatic carbocycles. The molecule has 0 aromatic carbocycles. The second-order valence-corrected chi connectivity index (χ2v) is 13.0. The molecule has 280 valence electrons. The van der Waals surface area contributed by atoms with E-state index in [1.165, 1.54) is 19.3 Å². The first kappa shape index (κ1) is 45.2. The fraction of sp³-hybridized carbons (Fsp3) is 0.865. The van der Waals surface area contributed by atoms with Crippen LogP contribution < -0.4 is 22.1 Å². The van der Waals surface area contributed by atoms with Crippen molar-refractivity contribution in [3.8, 4) is 0 Å². The van der Waals surface area contributed by atoms with Crippen LogP contribution in [0.5, 0.6) is 0 Å². The normalized spacial score (nSPS) is 12.8. The first-order chi connectivity index (χ1) is 23.2. The minimum Gasteiger partial charge on any atom is -0.465 e. The molecule has 0 aliphatic rings. The van der Waals surface area contributed by atoms with Gasteiger partial charge in [0.2, 0.25) is 11.8 Å². The average molecular weight is 682 g/mol. The number of unbranched alkanes of at least 4 members (excludes halogenated alkanes) is 9. The molecular weight excluding hydrogens is 610 g/mol. The second kappa shape index (κ2) is 31.4. The smallest absolute Gasteiger partial charge is 0.308 e. The van der Waals surface area contributed by atoms with Gasteiger partial charge in [-0.25, -0.2) is 0 Å². The van der Waals surface area contributed by atoms with Gasteiger partial charge in [-0.1, -0.05) is 105 Å². The lowest BCUT2D eigenvalue weighted by molar-refractivity contribution is -0.150. The topological polar surface area (TPSA) is 175 Å². The number of rotatable bonds is 32. The molecule has 0 bridgehead atoms. The van der Waals surface area contributed by atoms with E-state index in [0.29, 0.717) is 32.4 Å². The van der Waals surface area contributed by atoms with Crippen molar-refractivity contribution in [1.82, 2.24) is 10.6 Å². The number of nitrogens with two attached hydrogens (primary N) is 2. The van der Waals surface area contributed by atoms with Gasteiger partial charge < -0.3 is 31.6 Å². The molecule has 0 saturated heterocycles. The number of hydrogen-bond donors (Lipinski definition) is 4. The molecule has 6 N–H and O–H groups in total. The van der Waals surface area contributed by atoms with Crippen molar-refractivity contribution in [2.24, 2.45) is 28.3 Å². The number of hydrogen-bond acceptors (Lipinski definition) is 7. The van der Waals surface area contributed by atoms with Gasteiger partial charge in [-0.3, -0.25) is 24.2 Å². The Morgan fingerprint density at radius 1 is 0.604 bits per heavy atom. The van der Waals surface area contributed by atoms with E-state index in [1.54, 1.807) is 0 Å². The minimum atomic E-state index is -0.811. The summed E-state index contributed by atoms with van der Waals surface area (Å²) in [4.78, 5) is 55.0. The molecule has 0 aromatic rings. The highest BCUT2D eigenvalue weighted by Crippen LogP contribution is 2.20. The highest BCUT2D eigenvalue weighted by atomic mass is 16.5. The molecule has 0 fully saturated rings. The number of nitrogens with zero attached hydrogens (tertiary/aromatic N) is 1. The summed E-state index contributed by atoms with van der Waals surface area (Å²) in [7, 11) is 0. The van der Waals surface area contributed by atoms with Crippen molar-refractivity contribution >= 4 is 29.7 Å². The van der Waals surface area contributed by atoms with Gasteiger partial charge in [-0.2, -0.15) is 0 Å². The van der Waals surface area contributed by atoms with Crippen LogP contribution in [-0.2, 0) is 28.7 Å². The Kier molecular flexibility index (Phi) is 29.6. The van der Waals surface area contributed by atoms with Gasteiger partial charge in [0.15, 0.2) is 5.96 Å². The predicted molar refractivity (Wildman–Crippen MR) is 194 cm³/mol. The number of esters is 2. The molecule has 0 saturated carbocycles. The summed E-state index contributed by atoms with van der Waals surface area (Å²) < 4.78 is 11.1. The van der Waals surface area contributed by atoms with Crippen molar-refractivity contribution in [3.05, 3.63) is 0 Å². The SMILES string of the molecule is CCCCCCC(CCCC)C(=O)OCCCCNC(=O)C(CCN=C(N)N)NC(=O)CCCOC(=O)C(CCCC)CCCCCC. The lowest BCUT2D eigenvalue weighted by Gasteiger charge is -2.18. The number of amides is 2. The van der Waals surface area contributed by atoms with Crippen LogP contribution in [0, 0.1) is 11.8 Å². The highest BCUT2D eigenvalue weighted by Gasteiger charge is 2.22. The van der Waals surface area contributed by atoms with E-state index >= 15 is 0 Å². The van der Waals surface area contributed by atoms with Gasteiger partial charge in [0.25, 0.3) is 0 Å². The van der Waals surface area contributed by atoms with Crippen molar-refractivity contribution in [2.75, 3.05) is 26.3 Å². The molecule has 11 nitrogen and oxygen atoms in total. The first-order valence-corrected chi connectivity index (χ1v) is 19.2. The van der Waals surface area contributed by atoms with E-state index in [-0.39, 0.29) is 67.5 Å². The van der Waals surface area contributed by atoms with E-state index in [4.69, 9.17) is 20.9 Å². The Morgan fingerprint density at radius 2 is 1.10 bits per heavy atom. The van der Waals surface area contributed by atoms with Crippen LogP contribution in [0.3, 0.4) is 0 Å². The Hall–Kier alpha value is -2.85. The third-order valence-electron chi connectivity index (χ3n) is 8.56. The number of carbonyl (C=O) groups is 4. The monoisotopic (exact) mass is 682 g/mol. The molecule has 0 radical (unpaired) electrons. The molecule has 0 aromatic heterocycles. The van der Waals surface area contributed by atoms with Crippen LogP contribution in [0.15, 0.2) is 4.99 Å². The molecule has 2 amide bonds. The van der Waals surface area contributed by atoms with Crippen LogP contribution >= 0.6 is 0 Å². The minimum absolute atomic E-state index is 0.0359. The fourth-order valence-corrected chi connectivity index (χ4v) is 5.53. The van der Waals surface area contributed by atoms with E-state index in [0.717, 1.165) is 83.5 Å². The van der Waals surface area contributed by atoms with Crippen LogP contribution in [0.25, 0.3) is 0 Å². The van der Waals surface area contributed by atoms with Crippen LogP contribution in [-0.4, -0.2) is 62.1 Å². The van der Waals surface area contributed by atoms with Crippen LogP contribution in [0.1, 0.15) is 163 Å². The lowest BCUT2D eigenvalue weighted by Crippen LogP contribution is -2.47. The summed E-state index contributed by atoms with van der Waals surface area (Å²) in [6, 6.07) is -0.811. The molecule has 3 unspecified atom stereocenters. The lowest BCUT2D eigenvalue weighted by atomic mass is 9.95. The number of nitrogens with one attached hydrogen (secondary N) is 2. The zero-order valence-electron chi connectivity index (χ0n) is 31.0. The van der Waals surface area contributed by atoms with Crippen molar-refractivity contribution in [2.45, 2.75) is 169 Å². The molecule has 0 spiro atoms. The Balaban J connectivity index is 4.66.